The summed E-state index contributed by atoms with van der Waals surface area (Å²) in [6.45, 7) is 0. The molecular weight excluding hydrogens is 318 g/mol. The predicted octanol–water partition coefficient (Wildman–Crippen LogP) is 6.91. The number of hydrogen-bond acceptors (Lipinski definition) is 2. The molecule has 0 heterocycles. The van der Waals surface area contributed by atoms with Gasteiger partial charge in [0.25, 0.3) is 0 Å². The van der Waals surface area contributed by atoms with Gasteiger partial charge < -0.3 is 10.0 Å². The van der Waals surface area contributed by atoms with Crippen LogP contribution in [0.4, 0.5) is 17.1 Å². The second-order valence-electron chi connectivity index (χ2n) is 7.09. The van der Waals surface area contributed by atoms with Gasteiger partial charge in [0.2, 0.25) is 0 Å². The lowest BCUT2D eigenvalue weighted by atomic mass is 9.84. The highest BCUT2D eigenvalue weighted by Gasteiger charge is 2.18. The molecule has 2 heteroatoms. The molecule has 132 valence electrons. The Morgan fingerprint density at radius 1 is 0.654 bits per heavy atom. The Bertz CT molecular complexity index is 836. The number of hydrogen-bond donors (Lipinski definition) is 1. The second-order valence-corrected chi connectivity index (χ2v) is 7.09. The van der Waals surface area contributed by atoms with Crippen LogP contribution >= 0.6 is 0 Å². The number of benzene rings is 3. The normalized spacial score (nSPS) is 14.9. The lowest BCUT2D eigenvalue weighted by molar-refractivity contribution is 0.443. The van der Waals surface area contributed by atoms with E-state index in [9.17, 15) is 5.11 Å². The van der Waals surface area contributed by atoms with Crippen molar-refractivity contribution >= 4 is 17.1 Å². The lowest BCUT2D eigenvalue weighted by Crippen LogP contribution is -2.10. The summed E-state index contributed by atoms with van der Waals surface area (Å²) in [5, 5.41) is 10.4. The van der Waals surface area contributed by atoms with Gasteiger partial charge in [0.05, 0.1) is 5.69 Å². The lowest BCUT2D eigenvalue weighted by Gasteiger charge is -2.27. The Hall–Kier alpha value is -2.74. The molecule has 0 atom stereocenters. The van der Waals surface area contributed by atoms with Crippen LogP contribution in [0.25, 0.3) is 0 Å². The zero-order valence-electron chi connectivity index (χ0n) is 15.0. The van der Waals surface area contributed by atoms with Crippen LogP contribution in [0.2, 0.25) is 0 Å². The largest absolute Gasteiger partial charge is 0.506 e. The monoisotopic (exact) mass is 343 g/mol. The predicted molar refractivity (Wildman–Crippen MR) is 109 cm³/mol. The van der Waals surface area contributed by atoms with Crippen LogP contribution in [0.15, 0.2) is 78.9 Å². The van der Waals surface area contributed by atoms with Crippen molar-refractivity contribution in [2.24, 2.45) is 0 Å². The number of aromatic hydroxyl groups is 1. The Kier molecular flexibility index (Phi) is 4.92. The smallest absolute Gasteiger partial charge is 0.139 e. The highest BCUT2D eigenvalue weighted by atomic mass is 16.3. The van der Waals surface area contributed by atoms with Crippen LogP contribution in [0, 0.1) is 0 Å². The molecule has 26 heavy (non-hydrogen) atoms. The van der Waals surface area contributed by atoms with Gasteiger partial charge in [0.15, 0.2) is 0 Å². The number of rotatable bonds is 4. The van der Waals surface area contributed by atoms with E-state index < -0.39 is 0 Å². The Morgan fingerprint density at radius 2 is 1.27 bits per heavy atom. The van der Waals surface area contributed by atoms with Crippen molar-refractivity contribution in [1.29, 1.82) is 0 Å². The van der Waals surface area contributed by atoms with E-state index in [4.69, 9.17) is 0 Å². The molecule has 2 nitrogen and oxygen atoms in total. The fraction of sp³-hybridized carbons (Fsp3) is 0.250. The van der Waals surface area contributed by atoms with Crippen molar-refractivity contribution in [1.82, 2.24) is 0 Å². The van der Waals surface area contributed by atoms with Crippen LogP contribution in [-0.2, 0) is 0 Å². The van der Waals surface area contributed by atoms with Gasteiger partial charge in [-0.1, -0.05) is 61.7 Å². The Balaban J connectivity index is 1.71. The van der Waals surface area contributed by atoms with Crippen LogP contribution in [0.1, 0.15) is 43.6 Å². The summed E-state index contributed by atoms with van der Waals surface area (Å²) in [6, 6.07) is 26.6. The van der Waals surface area contributed by atoms with Gasteiger partial charge in [-0.15, -0.1) is 0 Å². The molecule has 0 radical (unpaired) electrons. The van der Waals surface area contributed by atoms with Gasteiger partial charge in [0, 0.05) is 11.4 Å². The van der Waals surface area contributed by atoms with E-state index in [1.807, 2.05) is 36.4 Å². The summed E-state index contributed by atoms with van der Waals surface area (Å²) < 4.78 is 0. The topological polar surface area (TPSA) is 23.5 Å². The molecule has 1 fully saturated rings. The molecule has 0 bridgehead atoms. The quantitative estimate of drug-likeness (QED) is 0.556. The summed E-state index contributed by atoms with van der Waals surface area (Å²) in [5.74, 6) is 0.987. The third kappa shape index (κ3) is 3.45. The zero-order chi connectivity index (χ0) is 17.8. The molecule has 0 spiro atoms. The van der Waals surface area contributed by atoms with Crippen molar-refractivity contribution in [3.8, 4) is 5.75 Å². The first kappa shape index (κ1) is 16.7. The van der Waals surface area contributed by atoms with Gasteiger partial charge in [-0.25, -0.2) is 0 Å². The highest BCUT2D eigenvalue weighted by molar-refractivity contribution is 5.79. The molecule has 1 saturated carbocycles. The van der Waals surface area contributed by atoms with Crippen LogP contribution in [-0.4, -0.2) is 5.11 Å². The molecule has 4 rings (SSSR count). The third-order valence-electron chi connectivity index (χ3n) is 5.36. The first-order valence-corrected chi connectivity index (χ1v) is 9.56. The number of nitrogens with zero attached hydrogens (tertiary/aromatic N) is 1. The van der Waals surface area contributed by atoms with Crippen molar-refractivity contribution in [3.05, 3.63) is 84.4 Å². The highest BCUT2D eigenvalue weighted by Crippen LogP contribution is 2.40. The third-order valence-corrected chi connectivity index (χ3v) is 5.36. The maximum Gasteiger partial charge on any atom is 0.139 e. The van der Waals surface area contributed by atoms with Crippen molar-refractivity contribution < 1.29 is 5.11 Å². The number of anilines is 3. The van der Waals surface area contributed by atoms with Gasteiger partial charge in [-0.05, 0) is 60.7 Å². The van der Waals surface area contributed by atoms with Gasteiger partial charge >= 0.3 is 0 Å². The average molecular weight is 343 g/mol. The van der Waals surface area contributed by atoms with E-state index in [1.165, 1.54) is 37.7 Å². The van der Waals surface area contributed by atoms with Crippen LogP contribution in [0.5, 0.6) is 5.75 Å². The number of phenols is 1. The second kappa shape index (κ2) is 7.65. The minimum absolute atomic E-state index is 0.285. The van der Waals surface area contributed by atoms with Crippen molar-refractivity contribution in [2.75, 3.05) is 4.90 Å². The fourth-order valence-corrected chi connectivity index (χ4v) is 3.99. The molecule has 3 aromatic rings. The van der Waals surface area contributed by atoms with E-state index in [0.29, 0.717) is 5.92 Å². The Labute approximate surface area is 155 Å². The van der Waals surface area contributed by atoms with E-state index in [1.54, 1.807) is 6.07 Å². The van der Waals surface area contributed by atoms with Gasteiger partial charge in [-0.2, -0.15) is 0 Å². The molecule has 1 N–H and O–H groups in total. The van der Waals surface area contributed by atoms with Crippen molar-refractivity contribution in [2.45, 2.75) is 38.0 Å². The first-order chi connectivity index (χ1) is 12.8. The molecule has 1 aliphatic carbocycles. The molecular formula is C24H25NO. The molecule has 0 unspecified atom stereocenters. The average Bonchev–Trinajstić information content (AvgIpc) is 2.72. The zero-order valence-corrected chi connectivity index (χ0v) is 15.0. The molecule has 1 aliphatic rings. The summed E-state index contributed by atoms with van der Waals surface area (Å²) in [6.07, 6.45) is 6.69. The van der Waals surface area contributed by atoms with Crippen LogP contribution < -0.4 is 4.90 Å². The van der Waals surface area contributed by atoms with E-state index in [0.717, 1.165) is 17.1 Å². The minimum atomic E-state index is 0.285. The molecule has 0 aromatic heterocycles. The Morgan fingerprint density at radius 3 is 1.96 bits per heavy atom. The minimum Gasteiger partial charge on any atom is -0.506 e. The van der Waals surface area contributed by atoms with Crippen LogP contribution in [0.3, 0.4) is 0 Å². The number of phenolic OH excluding ortho intramolecular Hbond substituents is 1. The standard InChI is InChI=1S/C24H25NO/c26-24-14-8-7-13-23(24)25(21-11-5-2-6-12-21)22-17-15-20(16-18-22)19-9-3-1-4-10-19/h2,5-8,11-19,26H,1,3-4,9-10H2. The van der Waals surface area contributed by atoms with E-state index in [-0.39, 0.29) is 5.75 Å². The maximum absolute atomic E-state index is 10.4. The first-order valence-electron chi connectivity index (χ1n) is 9.56. The molecule has 0 saturated heterocycles. The number of para-hydroxylation sites is 3. The van der Waals surface area contributed by atoms with Gasteiger partial charge in [-0.3, -0.25) is 0 Å². The van der Waals surface area contributed by atoms with Gasteiger partial charge in [0.1, 0.15) is 5.75 Å². The SMILES string of the molecule is Oc1ccccc1N(c1ccccc1)c1ccc(C2CCCCC2)cc1. The van der Waals surface area contributed by atoms with E-state index >= 15 is 0 Å². The maximum atomic E-state index is 10.4. The summed E-state index contributed by atoms with van der Waals surface area (Å²) in [7, 11) is 0. The molecule has 3 aromatic carbocycles. The van der Waals surface area contributed by atoms with E-state index in [2.05, 4.69) is 41.3 Å². The molecule has 0 aliphatic heterocycles. The summed E-state index contributed by atoms with van der Waals surface area (Å²) in [4.78, 5) is 2.11. The molecule has 0 amide bonds. The fourth-order valence-electron chi connectivity index (χ4n) is 3.99. The summed E-state index contributed by atoms with van der Waals surface area (Å²) >= 11 is 0. The summed E-state index contributed by atoms with van der Waals surface area (Å²) in [5.41, 5.74) is 4.35. The van der Waals surface area contributed by atoms with Crippen molar-refractivity contribution in [3.63, 3.8) is 0 Å².